The quantitative estimate of drug-likeness (QED) is 0.0169. The van der Waals surface area contributed by atoms with Gasteiger partial charge in [0.25, 0.3) is 11.8 Å². The van der Waals surface area contributed by atoms with Crippen LogP contribution in [-0.2, 0) is 60.8 Å². The third-order valence-electron chi connectivity index (χ3n) is 13.5. The summed E-state index contributed by atoms with van der Waals surface area (Å²) < 4.78 is 62.2. The van der Waals surface area contributed by atoms with Crippen LogP contribution < -0.4 is 42.4 Å². The number of fused-ring (bicyclic) bond motifs is 1. The lowest BCUT2D eigenvalue weighted by atomic mass is 10.0. The molecule has 91 heavy (non-hydrogen) atoms. The highest BCUT2D eigenvalue weighted by Crippen LogP contribution is 2.34. The van der Waals surface area contributed by atoms with Crippen molar-refractivity contribution in [1.82, 2.24) is 46.1 Å². The van der Waals surface area contributed by atoms with Crippen molar-refractivity contribution in [3.05, 3.63) is 131 Å². The van der Waals surface area contributed by atoms with Gasteiger partial charge in [-0.25, -0.2) is 38.1 Å². The number of carboxylic acid groups (broad SMARTS) is 1. The molecule has 484 valence electrons. The first-order valence-corrected chi connectivity index (χ1v) is 29.2. The number of aromatic carboxylic acids is 1. The van der Waals surface area contributed by atoms with Gasteiger partial charge in [-0.15, -0.1) is 0 Å². The Morgan fingerprint density at radius 3 is 2.13 bits per heavy atom. The number of urea groups is 1. The zero-order chi connectivity index (χ0) is 65.2. The van der Waals surface area contributed by atoms with Gasteiger partial charge in [0, 0.05) is 41.9 Å². The number of halogens is 3. The fraction of sp³-hybridized carbons (Fsp3) is 0.361. The van der Waals surface area contributed by atoms with Crippen LogP contribution in [0.4, 0.5) is 29.7 Å². The van der Waals surface area contributed by atoms with E-state index in [4.69, 9.17) is 50.7 Å². The maximum Gasteiger partial charge on any atom is 0.407 e. The van der Waals surface area contributed by atoms with Crippen LogP contribution in [0.25, 0.3) is 33.5 Å². The predicted octanol–water partition coefficient (Wildman–Crippen LogP) is 5.63. The van der Waals surface area contributed by atoms with Crippen LogP contribution in [0.1, 0.15) is 54.9 Å². The number of carboxylic acids is 1. The van der Waals surface area contributed by atoms with Crippen molar-refractivity contribution < 1.29 is 80.7 Å². The minimum atomic E-state index is -1.42. The fourth-order valence-electron chi connectivity index (χ4n) is 8.78. The number of ether oxygens (including phenoxy) is 6. The van der Waals surface area contributed by atoms with Gasteiger partial charge in [0.05, 0.1) is 117 Å². The Kier molecular flexibility index (Phi) is 26.4. The second kappa shape index (κ2) is 34.9. The summed E-state index contributed by atoms with van der Waals surface area (Å²) in [5.41, 5.74) is 8.43. The normalized spacial score (nSPS) is 12.6. The number of nitrogens with two attached hydrogens (primary N) is 1. The average Bonchev–Trinajstić information content (AvgIpc) is 1.79. The Bertz CT molecular complexity index is 3540. The van der Waals surface area contributed by atoms with Crippen LogP contribution in [0.3, 0.4) is 0 Å². The number of H-pyrrole nitrogens is 1. The molecule has 2 unspecified atom stereocenters. The molecule has 6 aromatic rings. The number of imide groups is 1. The number of nitrogens with one attached hydrogen (secondary N) is 7. The molecule has 7 rings (SSSR count). The smallest absolute Gasteiger partial charge is 0.407 e. The Balaban J connectivity index is 0.821. The largest absolute Gasteiger partial charge is 0.478 e. The molecule has 0 aliphatic carbocycles. The third kappa shape index (κ3) is 21.5. The first kappa shape index (κ1) is 68.8. The van der Waals surface area contributed by atoms with E-state index in [1.54, 1.807) is 56.3 Å². The van der Waals surface area contributed by atoms with E-state index < -0.39 is 65.1 Å². The molecule has 1 aliphatic heterocycles. The highest BCUT2D eigenvalue weighted by Gasteiger charge is 2.29. The Morgan fingerprint density at radius 1 is 0.758 bits per heavy atom. The zero-order valence-corrected chi connectivity index (χ0v) is 50.4. The number of hydrogen-bond acceptors (Lipinski definition) is 18. The van der Waals surface area contributed by atoms with E-state index in [0.29, 0.717) is 63.8 Å². The molecular weight excluding hydrogens is 1210 g/mol. The number of carbonyl (C=O) groups excluding carboxylic acids is 7. The van der Waals surface area contributed by atoms with Gasteiger partial charge in [-0.3, -0.25) is 28.9 Å². The van der Waals surface area contributed by atoms with Crippen LogP contribution >= 0.6 is 11.6 Å². The first-order valence-electron chi connectivity index (χ1n) is 28.8. The summed E-state index contributed by atoms with van der Waals surface area (Å²) in [5, 5.41) is 25.4. The van der Waals surface area contributed by atoms with Gasteiger partial charge in [0.2, 0.25) is 23.6 Å². The van der Waals surface area contributed by atoms with Gasteiger partial charge < -0.3 is 76.1 Å². The number of primary amides is 1. The van der Waals surface area contributed by atoms with Crippen molar-refractivity contribution in [2.45, 2.75) is 58.3 Å². The van der Waals surface area contributed by atoms with Crippen molar-refractivity contribution in [2.24, 2.45) is 11.7 Å². The summed E-state index contributed by atoms with van der Waals surface area (Å²) in [6, 6.07) is 16.8. The van der Waals surface area contributed by atoms with E-state index in [1.165, 1.54) is 48.7 Å². The van der Waals surface area contributed by atoms with Crippen molar-refractivity contribution >= 4 is 81.6 Å². The van der Waals surface area contributed by atoms with Crippen molar-refractivity contribution in [3.8, 4) is 28.4 Å². The van der Waals surface area contributed by atoms with Gasteiger partial charge in [0.1, 0.15) is 36.9 Å². The maximum absolute atomic E-state index is 14.9. The first-order chi connectivity index (χ1) is 43.8. The Morgan fingerprint density at radius 2 is 1.45 bits per heavy atom. The van der Waals surface area contributed by atoms with E-state index in [0.717, 1.165) is 11.0 Å². The summed E-state index contributed by atoms with van der Waals surface area (Å²) in [6.07, 6.45) is 3.39. The Hall–Kier alpha value is -9.68. The van der Waals surface area contributed by atoms with Crippen LogP contribution in [-0.4, -0.2) is 169 Å². The molecule has 3 heterocycles. The summed E-state index contributed by atoms with van der Waals surface area (Å²) in [7, 11) is 0. The molecule has 0 bridgehead atoms. The molecule has 0 fully saturated rings. The monoisotopic (exact) mass is 1280 g/mol. The highest BCUT2D eigenvalue weighted by atomic mass is 35.5. The maximum atomic E-state index is 14.9. The van der Waals surface area contributed by atoms with Crippen LogP contribution in [0.2, 0.25) is 5.02 Å². The number of nitrogens with zero attached hydrogens (tertiary/aromatic N) is 4. The van der Waals surface area contributed by atoms with Crippen LogP contribution in [0, 0.1) is 17.6 Å². The molecule has 1 aliphatic rings. The molecule has 10 N–H and O–H groups in total. The molecule has 0 saturated carbocycles. The molecular formula is C61H69ClF2N12O15. The fourth-order valence-corrected chi connectivity index (χ4v) is 8.96. The van der Waals surface area contributed by atoms with Crippen molar-refractivity contribution in [3.63, 3.8) is 0 Å². The van der Waals surface area contributed by atoms with Gasteiger partial charge >= 0.3 is 18.1 Å². The molecule has 0 radical (unpaired) electrons. The number of carbonyl (C=O) groups is 8. The van der Waals surface area contributed by atoms with Gasteiger partial charge in [-0.1, -0.05) is 49.7 Å². The molecule has 4 aromatic carbocycles. The number of anilines is 2. The third-order valence-corrected chi connectivity index (χ3v) is 13.7. The molecule has 27 nitrogen and oxygen atoms in total. The number of alkyl carbamates (subject to hydrolysis) is 1. The lowest BCUT2D eigenvalue weighted by Gasteiger charge is -2.25. The summed E-state index contributed by atoms with van der Waals surface area (Å²) in [4.78, 5) is 117. The van der Waals surface area contributed by atoms with E-state index in [1.807, 2.05) is 0 Å². The van der Waals surface area contributed by atoms with Crippen LogP contribution in [0.5, 0.6) is 5.88 Å². The second-order valence-corrected chi connectivity index (χ2v) is 20.9. The zero-order valence-electron chi connectivity index (χ0n) is 49.7. The minimum Gasteiger partial charge on any atom is -0.478 e. The summed E-state index contributed by atoms with van der Waals surface area (Å²) in [6.45, 7) is 5.41. The Labute approximate surface area is 525 Å². The van der Waals surface area contributed by atoms with E-state index in [9.17, 15) is 52.2 Å². The summed E-state index contributed by atoms with van der Waals surface area (Å²) in [5.74, 6) is -5.28. The molecule has 0 spiro atoms. The van der Waals surface area contributed by atoms with Crippen LogP contribution in [0.15, 0.2) is 97.2 Å². The van der Waals surface area contributed by atoms with E-state index in [-0.39, 0.29) is 133 Å². The topological polar surface area (TPSA) is 368 Å². The van der Waals surface area contributed by atoms with Gasteiger partial charge in [-0.05, 0) is 78.9 Å². The summed E-state index contributed by atoms with van der Waals surface area (Å²) >= 11 is 6.16. The average molecular weight is 1280 g/mol. The number of rotatable bonds is 37. The molecule has 0 saturated heterocycles. The van der Waals surface area contributed by atoms with Crippen molar-refractivity contribution in [2.75, 3.05) is 89.7 Å². The van der Waals surface area contributed by atoms with Gasteiger partial charge in [-0.2, -0.15) is 0 Å². The minimum absolute atomic E-state index is 0.0195. The number of imidazole rings is 1. The lowest BCUT2D eigenvalue weighted by molar-refractivity contribution is -0.137. The van der Waals surface area contributed by atoms with Gasteiger partial charge in [0.15, 0.2) is 5.82 Å². The van der Waals surface area contributed by atoms with E-state index >= 15 is 0 Å². The second-order valence-electron chi connectivity index (χ2n) is 20.5. The van der Waals surface area contributed by atoms with E-state index in [2.05, 4.69) is 46.9 Å². The predicted molar refractivity (Wildman–Crippen MR) is 326 cm³/mol. The molecule has 8 amide bonds. The van der Waals surface area contributed by atoms with Crippen molar-refractivity contribution in [1.29, 1.82) is 0 Å². The number of hydrogen-bond donors (Lipinski definition) is 9. The standard InChI is InChI=1S/C61H69ClF2N12O15/c1-36(2)54(75-49(77)18-22-86-25-27-88-29-30-89-28-26-87-24-21-76-51(78)16-17-52(76)79)58(81)72-46(7-4-19-66-60(65)84)57(80)70-40-12-8-37(9-13-40)35-91-61(85)67-20-23-90-50-34-69-44-15-11-39(32-47(44)71-50)56-55(38-10-14-43(63)42(62)31-38)73-48(74-56)33-68-45-6-3-5-41(53(45)64)59(82)83/h3,5-6,8-17,31-32,34,36,46,54,68H,4,7,18-30,33,35H2,1-2H3,(H,67,85)(H,70,80)(H,72,81)(H,73,74)(H,75,77)(H,82,83)(H3,65,66,84). The number of amides is 8. The highest BCUT2D eigenvalue weighted by molar-refractivity contribution is 6.31. The molecule has 2 aromatic heterocycles. The lowest BCUT2D eigenvalue weighted by Crippen LogP contribution is -2.54. The number of aromatic amines is 1. The molecule has 30 heteroatoms. The number of benzene rings is 4. The molecule has 2 atom stereocenters. The SMILES string of the molecule is CC(C)C(NC(=O)CCOCCOCCOCCOCCN1C(=O)C=CC1=O)C(=O)NC(CCCNC(N)=O)C(=O)Nc1ccc(COC(=O)NCCOc2cnc3ccc(-c4[nH]c(CNc5cccc(C(=O)O)c5F)nc4-c4ccc(F)c(Cl)c4)cc3n2)cc1. The number of aromatic nitrogens is 4.